The Morgan fingerprint density at radius 1 is 1.03 bits per heavy atom. The van der Waals surface area contributed by atoms with Gasteiger partial charge in [0.15, 0.2) is 11.2 Å². The third-order valence-corrected chi connectivity index (χ3v) is 4.94. The molecule has 0 unspecified atom stereocenters. The van der Waals surface area contributed by atoms with Gasteiger partial charge >= 0.3 is 5.56 Å². The summed E-state index contributed by atoms with van der Waals surface area (Å²) in [5.74, 6) is 0.477. The molecule has 0 aliphatic carbocycles. The molecule has 0 spiro atoms. The number of para-hydroxylation sites is 1. The lowest BCUT2D eigenvalue weighted by Crippen LogP contribution is -2.19. The first kappa shape index (κ1) is 17.0. The Kier molecular flexibility index (Phi) is 3.61. The van der Waals surface area contributed by atoms with Gasteiger partial charge in [-0.05, 0) is 31.0 Å². The maximum Gasteiger partial charge on any atom is 0.301 e. The van der Waals surface area contributed by atoms with Crippen LogP contribution in [0.4, 0.5) is 5.82 Å². The van der Waals surface area contributed by atoms with Crippen LogP contribution in [-0.2, 0) is 0 Å². The van der Waals surface area contributed by atoms with Crippen LogP contribution in [0.2, 0.25) is 0 Å². The third-order valence-electron chi connectivity index (χ3n) is 4.94. The van der Waals surface area contributed by atoms with E-state index in [9.17, 15) is 4.79 Å². The first-order valence-corrected chi connectivity index (χ1v) is 9.03. The van der Waals surface area contributed by atoms with E-state index in [2.05, 4.69) is 19.9 Å². The van der Waals surface area contributed by atoms with Crippen molar-refractivity contribution >= 4 is 22.6 Å². The highest BCUT2D eigenvalue weighted by atomic mass is 16.3. The fourth-order valence-corrected chi connectivity index (χ4v) is 3.56. The first-order chi connectivity index (χ1) is 14.1. The minimum Gasteiger partial charge on any atom is -0.436 e. The molecule has 29 heavy (non-hydrogen) atoms. The Hall–Kier alpha value is -4.18. The molecule has 7 heteroatoms. The molecular weight excluding hydrogens is 366 g/mol. The first-order valence-electron chi connectivity index (χ1n) is 9.03. The average Bonchev–Trinajstić information content (AvgIpc) is 3.31. The van der Waals surface area contributed by atoms with Crippen molar-refractivity contribution in [1.29, 1.82) is 0 Å². The molecule has 140 valence electrons. The Bertz CT molecular complexity index is 1500. The Labute approximate surface area is 165 Å². The molecule has 5 rings (SSSR count). The van der Waals surface area contributed by atoms with Gasteiger partial charge in [0.25, 0.3) is 5.82 Å². The fraction of sp³-hybridized carbons (Fsp3) is 0.0909. The molecule has 0 bridgehead atoms. The minimum absolute atomic E-state index is 0.221. The van der Waals surface area contributed by atoms with Crippen LogP contribution in [0.15, 0.2) is 57.7 Å². The number of nitrogens with one attached hydrogen (secondary N) is 1. The van der Waals surface area contributed by atoms with E-state index < -0.39 is 0 Å². The number of hydrogen-bond donors (Lipinski definition) is 1. The molecule has 1 N–H and O–H groups in total. The van der Waals surface area contributed by atoms with Gasteiger partial charge < -0.3 is 9.26 Å². The van der Waals surface area contributed by atoms with Crippen molar-refractivity contribution in [2.45, 2.75) is 13.8 Å². The Balaban J connectivity index is 1.82. The number of aromatic amines is 1. The molecule has 0 atom stereocenters. The van der Waals surface area contributed by atoms with Crippen LogP contribution in [0.25, 0.3) is 44.2 Å². The average molecular weight is 381 g/mol. The summed E-state index contributed by atoms with van der Waals surface area (Å²) in [4.78, 5) is 26.0. The minimum atomic E-state index is -0.358. The number of benzene rings is 2. The molecule has 0 amide bonds. The molecule has 0 aliphatic heterocycles. The van der Waals surface area contributed by atoms with Gasteiger partial charge in [0.05, 0.1) is 11.3 Å². The lowest BCUT2D eigenvalue weighted by atomic mass is 10.1. The molecule has 0 aliphatic rings. The molecule has 0 saturated heterocycles. The van der Waals surface area contributed by atoms with Gasteiger partial charge in [-0.3, -0.25) is 4.79 Å². The SMILES string of the molecule is [C-]#[N+]c1[nH]n2c(=O)c(-c3nc4cccc(C)c4o3)c(C)nc2c1-c1ccccc1. The molecule has 5 aromatic rings. The number of fused-ring (bicyclic) bond motifs is 2. The second-order valence-corrected chi connectivity index (χ2v) is 6.79. The zero-order chi connectivity index (χ0) is 20.1. The summed E-state index contributed by atoms with van der Waals surface area (Å²) >= 11 is 0. The maximum absolute atomic E-state index is 13.3. The van der Waals surface area contributed by atoms with Crippen molar-refractivity contribution in [1.82, 2.24) is 19.6 Å². The lowest BCUT2D eigenvalue weighted by Gasteiger charge is -2.03. The summed E-state index contributed by atoms with van der Waals surface area (Å²) in [6.07, 6.45) is 0. The lowest BCUT2D eigenvalue weighted by molar-refractivity contribution is 0.614. The zero-order valence-corrected chi connectivity index (χ0v) is 15.7. The van der Waals surface area contributed by atoms with Gasteiger partial charge in [-0.1, -0.05) is 49.0 Å². The van der Waals surface area contributed by atoms with Crippen LogP contribution in [0.1, 0.15) is 11.3 Å². The van der Waals surface area contributed by atoms with Crippen LogP contribution in [0.3, 0.4) is 0 Å². The topological polar surface area (TPSA) is 80.5 Å². The summed E-state index contributed by atoms with van der Waals surface area (Å²) < 4.78 is 7.20. The smallest absolute Gasteiger partial charge is 0.301 e. The Morgan fingerprint density at radius 2 is 1.83 bits per heavy atom. The normalized spacial score (nSPS) is 11.2. The number of aromatic nitrogens is 4. The van der Waals surface area contributed by atoms with Crippen molar-refractivity contribution in [3.63, 3.8) is 0 Å². The van der Waals surface area contributed by atoms with Crippen LogP contribution in [0.5, 0.6) is 0 Å². The number of H-pyrrole nitrogens is 1. The van der Waals surface area contributed by atoms with Crippen molar-refractivity contribution in [3.8, 4) is 22.6 Å². The van der Waals surface area contributed by atoms with Crippen molar-refractivity contribution < 1.29 is 4.42 Å². The van der Waals surface area contributed by atoms with Crippen molar-refractivity contribution in [3.05, 3.63) is 81.6 Å². The van der Waals surface area contributed by atoms with Gasteiger partial charge in [-0.15, -0.1) is 4.52 Å². The highest BCUT2D eigenvalue weighted by Crippen LogP contribution is 2.33. The summed E-state index contributed by atoms with van der Waals surface area (Å²) in [5.41, 5.74) is 4.49. The summed E-state index contributed by atoms with van der Waals surface area (Å²) in [7, 11) is 0. The molecule has 2 aromatic carbocycles. The number of rotatable bonds is 2. The van der Waals surface area contributed by atoms with Crippen LogP contribution >= 0.6 is 0 Å². The molecule has 7 nitrogen and oxygen atoms in total. The zero-order valence-electron chi connectivity index (χ0n) is 15.7. The third kappa shape index (κ3) is 2.47. The fourth-order valence-electron chi connectivity index (χ4n) is 3.56. The predicted molar refractivity (Wildman–Crippen MR) is 110 cm³/mol. The van der Waals surface area contributed by atoms with Gasteiger partial charge in [0.2, 0.25) is 5.89 Å². The van der Waals surface area contributed by atoms with Crippen LogP contribution in [0, 0.1) is 20.4 Å². The van der Waals surface area contributed by atoms with E-state index in [0.29, 0.717) is 28.0 Å². The van der Waals surface area contributed by atoms with Gasteiger partial charge in [-0.25, -0.2) is 15.1 Å². The number of aryl methyl sites for hydroxylation is 2. The van der Waals surface area contributed by atoms with Crippen LogP contribution < -0.4 is 5.56 Å². The van der Waals surface area contributed by atoms with Crippen molar-refractivity contribution in [2.75, 3.05) is 0 Å². The molecule has 0 fully saturated rings. The monoisotopic (exact) mass is 381 g/mol. The largest absolute Gasteiger partial charge is 0.436 e. The van der Waals surface area contributed by atoms with Gasteiger partial charge in [0, 0.05) is 0 Å². The number of oxazole rings is 1. The van der Waals surface area contributed by atoms with Gasteiger partial charge in [0.1, 0.15) is 11.1 Å². The van der Waals surface area contributed by atoms with E-state index in [1.54, 1.807) is 6.92 Å². The summed E-state index contributed by atoms with van der Waals surface area (Å²) in [5, 5.41) is 2.88. The molecule has 3 aromatic heterocycles. The van der Waals surface area contributed by atoms with Crippen molar-refractivity contribution in [2.24, 2.45) is 0 Å². The summed E-state index contributed by atoms with van der Waals surface area (Å²) in [6, 6.07) is 15.1. The van der Waals surface area contributed by atoms with E-state index in [-0.39, 0.29) is 22.8 Å². The van der Waals surface area contributed by atoms with E-state index in [4.69, 9.17) is 11.0 Å². The molecule has 3 heterocycles. The Morgan fingerprint density at radius 3 is 2.55 bits per heavy atom. The molecular formula is C22H15N5O2. The van der Waals surface area contributed by atoms with Crippen LogP contribution in [-0.4, -0.2) is 19.6 Å². The van der Waals surface area contributed by atoms with Gasteiger partial charge in [-0.2, -0.15) is 0 Å². The molecule has 0 radical (unpaired) electrons. The molecule has 0 saturated carbocycles. The van der Waals surface area contributed by atoms with E-state index in [0.717, 1.165) is 11.1 Å². The quantitative estimate of drug-likeness (QED) is 0.451. The highest BCUT2D eigenvalue weighted by Gasteiger charge is 2.23. The standard InChI is InChI=1S/C22H15N5O2/c1-12-8-7-11-15-18(12)29-21(25-15)16-13(2)24-20-17(14-9-5-4-6-10-14)19(23-3)26-27(20)22(16)28/h4-11,26H,1-2H3. The maximum atomic E-state index is 13.3. The highest BCUT2D eigenvalue weighted by molar-refractivity contribution is 5.88. The van der Waals surface area contributed by atoms with E-state index >= 15 is 0 Å². The number of nitrogens with zero attached hydrogens (tertiary/aromatic N) is 4. The second kappa shape index (κ2) is 6.17. The van der Waals surface area contributed by atoms with E-state index in [1.165, 1.54) is 4.52 Å². The number of hydrogen-bond acceptors (Lipinski definition) is 4. The summed E-state index contributed by atoms with van der Waals surface area (Å²) in [6.45, 7) is 11.2. The second-order valence-electron chi connectivity index (χ2n) is 6.79. The van der Waals surface area contributed by atoms with E-state index in [1.807, 2.05) is 55.5 Å². The predicted octanol–water partition coefficient (Wildman–Crippen LogP) is 4.67.